The Morgan fingerprint density at radius 2 is 2.05 bits per heavy atom. The lowest BCUT2D eigenvalue weighted by molar-refractivity contribution is 0.658. The van der Waals surface area contributed by atoms with Crippen LogP contribution in [0.2, 0.25) is 0 Å². The van der Waals surface area contributed by atoms with E-state index in [9.17, 15) is 0 Å². The van der Waals surface area contributed by atoms with E-state index in [-0.39, 0.29) is 0 Å². The molecular formula is C13H16N6. The molecule has 0 radical (unpaired) electrons. The van der Waals surface area contributed by atoms with Crippen molar-refractivity contribution in [2.45, 2.75) is 13.3 Å². The standard InChI is InChI=1S/C13H16N6/c1-9-3-5-19(8-9)13-16-6-10(7-17-13)12-15-4-2-11(14)18-12/h2,4,6-7,9H,3,5,8H2,1H3,(H2,14,15,18). The third-order valence-electron chi connectivity index (χ3n) is 3.28. The van der Waals surface area contributed by atoms with Crippen molar-refractivity contribution in [3.8, 4) is 11.4 Å². The van der Waals surface area contributed by atoms with Crippen LogP contribution >= 0.6 is 0 Å². The first-order chi connectivity index (χ1) is 9.22. The van der Waals surface area contributed by atoms with E-state index in [1.54, 1.807) is 24.7 Å². The molecule has 2 aromatic rings. The summed E-state index contributed by atoms with van der Waals surface area (Å²) in [6.07, 6.45) is 6.33. The second-order valence-electron chi connectivity index (χ2n) is 4.92. The van der Waals surface area contributed by atoms with Crippen LogP contribution in [0.3, 0.4) is 0 Å². The molecule has 0 amide bonds. The van der Waals surface area contributed by atoms with E-state index < -0.39 is 0 Å². The smallest absolute Gasteiger partial charge is 0.225 e. The van der Waals surface area contributed by atoms with Gasteiger partial charge in [0.1, 0.15) is 5.82 Å². The minimum Gasteiger partial charge on any atom is -0.384 e. The van der Waals surface area contributed by atoms with Crippen LogP contribution in [-0.2, 0) is 0 Å². The third kappa shape index (κ3) is 2.47. The maximum Gasteiger partial charge on any atom is 0.225 e. The van der Waals surface area contributed by atoms with Gasteiger partial charge in [0.15, 0.2) is 5.82 Å². The highest BCUT2D eigenvalue weighted by Gasteiger charge is 2.20. The molecule has 0 aliphatic carbocycles. The van der Waals surface area contributed by atoms with Crippen LogP contribution in [0.1, 0.15) is 13.3 Å². The van der Waals surface area contributed by atoms with E-state index in [1.165, 1.54) is 6.42 Å². The van der Waals surface area contributed by atoms with Crippen LogP contribution in [0.15, 0.2) is 24.7 Å². The Kier molecular flexibility index (Phi) is 2.98. The summed E-state index contributed by atoms with van der Waals surface area (Å²) in [6, 6.07) is 1.66. The average Bonchev–Trinajstić information content (AvgIpc) is 2.86. The number of anilines is 2. The molecule has 1 fully saturated rings. The van der Waals surface area contributed by atoms with Crippen LogP contribution in [0.4, 0.5) is 11.8 Å². The minimum atomic E-state index is 0.447. The number of nitrogen functional groups attached to an aromatic ring is 1. The van der Waals surface area contributed by atoms with E-state index >= 15 is 0 Å². The summed E-state index contributed by atoms with van der Waals surface area (Å²) in [7, 11) is 0. The van der Waals surface area contributed by atoms with E-state index in [0.29, 0.717) is 17.6 Å². The van der Waals surface area contributed by atoms with Crippen LogP contribution in [0.25, 0.3) is 11.4 Å². The molecule has 19 heavy (non-hydrogen) atoms. The Labute approximate surface area is 111 Å². The molecule has 0 bridgehead atoms. The van der Waals surface area contributed by atoms with Crippen molar-refractivity contribution >= 4 is 11.8 Å². The summed E-state index contributed by atoms with van der Waals surface area (Å²) >= 11 is 0. The summed E-state index contributed by atoms with van der Waals surface area (Å²) in [5, 5.41) is 0. The van der Waals surface area contributed by atoms with Gasteiger partial charge in [0, 0.05) is 31.7 Å². The highest BCUT2D eigenvalue weighted by molar-refractivity contribution is 5.54. The molecule has 0 aromatic carbocycles. The Bertz CT molecular complexity index is 568. The molecule has 1 atom stereocenters. The number of hydrogen-bond acceptors (Lipinski definition) is 6. The van der Waals surface area contributed by atoms with E-state index in [2.05, 4.69) is 31.8 Å². The van der Waals surface area contributed by atoms with Crippen LogP contribution in [-0.4, -0.2) is 33.0 Å². The molecule has 1 unspecified atom stereocenters. The molecule has 3 heterocycles. The van der Waals surface area contributed by atoms with Crippen molar-refractivity contribution in [1.82, 2.24) is 19.9 Å². The molecule has 0 spiro atoms. The first kappa shape index (κ1) is 11.8. The monoisotopic (exact) mass is 256 g/mol. The van der Waals surface area contributed by atoms with Gasteiger partial charge in [0.05, 0.1) is 5.56 Å². The van der Waals surface area contributed by atoms with Crippen molar-refractivity contribution in [3.05, 3.63) is 24.7 Å². The van der Waals surface area contributed by atoms with Gasteiger partial charge < -0.3 is 10.6 Å². The topological polar surface area (TPSA) is 80.8 Å². The van der Waals surface area contributed by atoms with Gasteiger partial charge in [0.2, 0.25) is 5.95 Å². The van der Waals surface area contributed by atoms with Crippen LogP contribution in [0, 0.1) is 5.92 Å². The number of hydrogen-bond donors (Lipinski definition) is 1. The quantitative estimate of drug-likeness (QED) is 0.873. The third-order valence-corrected chi connectivity index (χ3v) is 3.28. The molecule has 6 nitrogen and oxygen atoms in total. The molecule has 2 N–H and O–H groups in total. The van der Waals surface area contributed by atoms with Gasteiger partial charge in [-0.3, -0.25) is 0 Å². The molecule has 6 heteroatoms. The fourth-order valence-electron chi connectivity index (χ4n) is 2.23. The van der Waals surface area contributed by atoms with Crippen LogP contribution in [0.5, 0.6) is 0 Å². The highest BCUT2D eigenvalue weighted by Crippen LogP contribution is 2.21. The van der Waals surface area contributed by atoms with Gasteiger partial charge in [0.25, 0.3) is 0 Å². The SMILES string of the molecule is CC1CCN(c2ncc(-c3nccc(N)n3)cn2)C1. The predicted molar refractivity (Wildman–Crippen MR) is 73.5 cm³/mol. The zero-order chi connectivity index (χ0) is 13.2. The Hall–Kier alpha value is -2.24. The molecule has 1 aliphatic heterocycles. The fourth-order valence-corrected chi connectivity index (χ4v) is 2.23. The molecular weight excluding hydrogens is 240 g/mol. The predicted octanol–water partition coefficient (Wildman–Crippen LogP) is 1.36. The lowest BCUT2D eigenvalue weighted by Gasteiger charge is -2.15. The van der Waals surface area contributed by atoms with Gasteiger partial charge >= 0.3 is 0 Å². The van der Waals surface area contributed by atoms with Gasteiger partial charge in [-0.1, -0.05) is 6.92 Å². The van der Waals surface area contributed by atoms with Gasteiger partial charge in [-0.25, -0.2) is 19.9 Å². The molecule has 1 aliphatic rings. The second kappa shape index (κ2) is 4.79. The van der Waals surface area contributed by atoms with Gasteiger partial charge in [-0.05, 0) is 18.4 Å². The summed E-state index contributed by atoms with van der Waals surface area (Å²) < 4.78 is 0. The maximum atomic E-state index is 5.64. The fraction of sp³-hybridized carbons (Fsp3) is 0.385. The zero-order valence-corrected chi connectivity index (χ0v) is 10.8. The number of rotatable bonds is 2. The minimum absolute atomic E-state index is 0.447. The highest BCUT2D eigenvalue weighted by atomic mass is 15.3. The molecule has 98 valence electrons. The number of nitrogens with two attached hydrogens (primary N) is 1. The Morgan fingerprint density at radius 3 is 2.68 bits per heavy atom. The van der Waals surface area contributed by atoms with Crippen molar-refractivity contribution < 1.29 is 0 Å². The second-order valence-corrected chi connectivity index (χ2v) is 4.92. The first-order valence-corrected chi connectivity index (χ1v) is 6.38. The van der Waals surface area contributed by atoms with Crippen LogP contribution < -0.4 is 10.6 Å². The molecule has 1 saturated heterocycles. The Balaban J connectivity index is 1.83. The normalized spacial score (nSPS) is 18.8. The summed E-state index contributed by atoms with van der Waals surface area (Å²) in [4.78, 5) is 19.3. The Morgan fingerprint density at radius 1 is 1.26 bits per heavy atom. The summed E-state index contributed by atoms with van der Waals surface area (Å²) in [5.41, 5.74) is 6.42. The molecule has 2 aromatic heterocycles. The number of aromatic nitrogens is 4. The van der Waals surface area contributed by atoms with Crippen molar-refractivity contribution in [2.24, 2.45) is 5.92 Å². The number of nitrogens with zero attached hydrogens (tertiary/aromatic N) is 5. The van der Waals surface area contributed by atoms with E-state index in [4.69, 9.17) is 5.73 Å². The van der Waals surface area contributed by atoms with E-state index in [0.717, 1.165) is 24.6 Å². The van der Waals surface area contributed by atoms with Crippen molar-refractivity contribution in [3.63, 3.8) is 0 Å². The van der Waals surface area contributed by atoms with Gasteiger partial charge in [-0.2, -0.15) is 0 Å². The summed E-state index contributed by atoms with van der Waals surface area (Å²) in [5.74, 6) is 2.49. The zero-order valence-electron chi connectivity index (χ0n) is 10.8. The van der Waals surface area contributed by atoms with E-state index in [1.807, 2.05) is 0 Å². The largest absolute Gasteiger partial charge is 0.384 e. The van der Waals surface area contributed by atoms with Crippen molar-refractivity contribution in [2.75, 3.05) is 23.7 Å². The lowest BCUT2D eigenvalue weighted by atomic mass is 10.2. The van der Waals surface area contributed by atoms with Gasteiger partial charge in [-0.15, -0.1) is 0 Å². The van der Waals surface area contributed by atoms with Crippen molar-refractivity contribution in [1.29, 1.82) is 0 Å². The summed E-state index contributed by atoms with van der Waals surface area (Å²) in [6.45, 7) is 4.29. The maximum absolute atomic E-state index is 5.64. The average molecular weight is 256 g/mol. The lowest BCUT2D eigenvalue weighted by Crippen LogP contribution is -2.21. The first-order valence-electron chi connectivity index (χ1n) is 6.38. The molecule has 0 saturated carbocycles. The molecule has 3 rings (SSSR count).